The summed E-state index contributed by atoms with van der Waals surface area (Å²) in [6.07, 6.45) is 2.35. The molecule has 2 aromatic heterocycles. The lowest BCUT2D eigenvalue weighted by molar-refractivity contribution is 0.332. The molecule has 0 atom stereocenters. The lowest BCUT2D eigenvalue weighted by Crippen LogP contribution is -2.60. The van der Waals surface area contributed by atoms with Gasteiger partial charge in [0.25, 0.3) is 6.71 Å². The second kappa shape index (κ2) is 15.2. The highest BCUT2D eigenvalue weighted by Crippen LogP contribution is 2.52. The zero-order valence-electron chi connectivity index (χ0n) is 44.9. The maximum atomic E-state index is 2.69. The predicted octanol–water partition coefficient (Wildman–Crippen LogP) is 16.9. The second-order valence-electron chi connectivity index (χ2n) is 25.9. The Balaban J connectivity index is 1.19. The predicted molar refractivity (Wildman–Crippen MR) is 311 cm³/mol. The van der Waals surface area contributed by atoms with Crippen LogP contribution in [0.3, 0.4) is 0 Å². The summed E-state index contributed by atoms with van der Waals surface area (Å²) in [5, 5.41) is 4.10. The van der Waals surface area contributed by atoms with E-state index in [2.05, 4.69) is 246 Å². The molecule has 0 unspecified atom stereocenters. The van der Waals surface area contributed by atoms with Crippen LogP contribution in [-0.2, 0) is 27.1 Å². The van der Waals surface area contributed by atoms with E-state index in [-0.39, 0.29) is 33.8 Å². The Hall–Kier alpha value is -6.04. The van der Waals surface area contributed by atoms with Crippen molar-refractivity contribution < 1.29 is 0 Å². The standard InChI is InChI=1S/C66H70BN3S/c1-39-32-55-59-56(33-39)70-60-48(58-47-18-16-17-19-57(47)71-61(58)70)35-43(64(9,10)11)36-52(60)67(59)51-29-28-46(37-54(51)69(55)53-38-50-49(34-40(53)2)65(12,13)30-31-66(50,14)15)68(44-24-20-41(21-25-44)62(3,4)5)45-26-22-42(23-27-45)63(6,7)8/h16-29,32-38H,30-31H2,1-15H3. The first-order valence-corrected chi connectivity index (χ1v) is 27.0. The fraction of sp³-hybridized carbons (Fsp3) is 0.333. The van der Waals surface area contributed by atoms with Gasteiger partial charge in [-0.05, 0) is 176 Å². The zero-order valence-corrected chi connectivity index (χ0v) is 45.7. The number of benzene rings is 7. The fourth-order valence-corrected chi connectivity index (χ4v) is 13.8. The average Bonchev–Trinajstić information content (AvgIpc) is 3.84. The molecule has 0 fully saturated rings. The van der Waals surface area contributed by atoms with Gasteiger partial charge in [-0.1, -0.05) is 151 Å². The van der Waals surface area contributed by atoms with E-state index in [1.165, 1.54) is 116 Å². The maximum Gasteiger partial charge on any atom is 0.252 e. The molecule has 0 N–H and O–H groups in total. The molecule has 0 bridgehead atoms. The van der Waals surface area contributed by atoms with Gasteiger partial charge in [0.15, 0.2) is 0 Å². The van der Waals surface area contributed by atoms with Crippen LogP contribution in [0.15, 0.2) is 127 Å². The number of hydrogen-bond acceptors (Lipinski definition) is 3. The summed E-state index contributed by atoms with van der Waals surface area (Å²) in [7, 11) is 0. The number of fused-ring (bicyclic) bond motifs is 10. The number of rotatable bonds is 4. The van der Waals surface area contributed by atoms with E-state index in [0.717, 1.165) is 23.5 Å². The van der Waals surface area contributed by atoms with Crippen LogP contribution < -0.4 is 26.2 Å². The summed E-state index contributed by atoms with van der Waals surface area (Å²) in [6, 6.07) is 50.4. The Bertz CT molecular complexity index is 3610. The fourth-order valence-electron chi connectivity index (χ4n) is 12.6. The molecule has 0 radical (unpaired) electrons. The molecule has 9 aromatic rings. The number of thiophene rings is 1. The molecule has 2 aliphatic heterocycles. The van der Waals surface area contributed by atoms with Crippen molar-refractivity contribution in [2.24, 2.45) is 0 Å². The molecule has 1 aliphatic carbocycles. The molecule has 7 aromatic carbocycles. The van der Waals surface area contributed by atoms with Crippen molar-refractivity contribution >= 4 is 99.8 Å². The molecule has 0 saturated carbocycles. The van der Waals surface area contributed by atoms with Gasteiger partial charge in [-0.3, -0.25) is 0 Å². The van der Waals surface area contributed by atoms with Crippen molar-refractivity contribution in [1.82, 2.24) is 4.57 Å². The zero-order chi connectivity index (χ0) is 50.1. The van der Waals surface area contributed by atoms with Crippen LogP contribution in [0, 0.1) is 13.8 Å². The molecule has 358 valence electrons. The van der Waals surface area contributed by atoms with Gasteiger partial charge < -0.3 is 14.4 Å². The highest BCUT2D eigenvalue weighted by atomic mass is 32.1. The first-order valence-electron chi connectivity index (χ1n) is 26.2. The SMILES string of the molecule is Cc1cc2c3c(c1)-n1c4sc5ccccc5c4c4cc(C(C)(C)C)cc(c41)B3c1ccc(N(c3ccc(C(C)(C)C)cc3)c3ccc(C(C)(C)C)cc3)cc1N2c1cc2c(cc1C)C(C)(C)CCC2(C)C. The van der Waals surface area contributed by atoms with Crippen LogP contribution in [0.25, 0.3) is 36.9 Å². The quantitative estimate of drug-likeness (QED) is 0.163. The number of aromatic nitrogens is 1. The lowest BCUT2D eigenvalue weighted by Gasteiger charge is -2.45. The van der Waals surface area contributed by atoms with Gasteiger partial charge in [-0.2, -0.15) is 0 Å². The second-order valence-corrected chi connectivity index (χ2v) is 27.0. The summed E-state index contributed by atoms with van der Waals surface area (Å²) >= 11 is 1.95. The molecule has 3 aliphatic rings. The third kappa shape index (κ3) is 7.03. The average molecular weight is 948 g/mol. The van der Waals surface area contributed by atoms with E-state index >= 15 is 0 Å². The van der Waals surface area contributed by atoms with Crippen LogP contribution in [0.5, 0.6) is 0 Å². The van der Waals surface area contributed by atoms with E-state index in [1.807, 2.05) is 11.3 Å². The molecular weight excluding hydrogens is 878 g/mol. The highest BCUT2D eigenvalue weighted by Gasteiger charge is 2.45. The van der Waals surface area contributed by atoms with Crippen LogP contribution in [-0.4, -0.2) is 11.3 Å². The number of nitrogens with zero attached hydrogens (tertiary/aromatic N) is 3. The van der Waals surface area contributed by atoms with E-state index in [4.69, 9.17) is 0 Å². The van der Waals surface area contributed by atoms with E-state index in [9.17, 15) is 0 Å². The largest absolute Gasteiger partial charge is 0.311 e. The first-order chi connectivity index (χ1) is 33.4. The number of aryl methyl sites for hydroxylation is 2. The minimum absolute atomic E-state index is 0.0207. The monoisotopic (exact) mass is 948 g/mol. The van der Waals surface area contributed by atoms with Crippen LogP contribution in [0.4, 0.5) is 34.1 Å². The van der Waals surface area contributed by atoms with Gasteiger partial charge in [0.2, 0.25) is 0 Å². The van der Waals surface area contributed by atoms with Gasteiger partial charge in [0.05, 0.1) is 5.52 Å². The van der Waals surface area contributed by atoms with Gasteiger partial charge in [0.1, 0.15) is 4.83 Å². The van der Waals surface area contributed by atoms with Crippen LogP contribution >= 0.6 is 11.3 Å². The first kappa shape index (κ1) is 46.1. The molecule has 5 heteroatoms. The lowest BCUT2D eigenvalue weighted by atomic mass is 9.33. The van der Waals surface area contributed by atoms with Crippen molar-refractivity contribution in [3.63, 3.8) is 0 Å². The van der Waals surface area contributed by atoms with Crippen LogP contribution in [0.2, 0.25) is 0 Å². The maximum absolute atomic E-state index is 2.69. The normalized spacial score (nSPS) is 15.9. The van der Waals surface area contributed by atoms with Gasteiger partial charge >= 0.3 is 0 Å². The third-order valence-corrected chi connectivity index (χ3v) is 18.0. The topological polar surface area (TPSA) is 11.4 Å². The molecule has 0 spiro atoms. The Morgan fingerprint density at radius 2 is 1.08 bits per heavy atom. The van der Waals surface area contributed by atoms with Crippen molar-refractivity contribution in [2.45, 2.75) is 144 Å². The van der Waals surface area contributed by atoms with Crippen molar-refractivity contribution in [1.29, 1.82) is 0 Å². The third-order valence-electron chi connectivity index (χ3n) is 16.9. The number of anilines is 6. The molecule has 3 nitrogen and oxygen atoms in total. The summed E-state index contributed by atoms with van der Waals surface area (Å²) in [5.41, 5.74) is 23.9. The summed E-state index contributed by atoms with van der Waals surface area (Å²) in [4.78, 5) is 6.52. The van der Waals surface area contributed by atoms with E-state index in [0.29, 0.717) is 0 Å². The van der Waals surface area contributed by atoms with Crippen molar-refractivity contribution in [2.75, 3.05) is 9.80 Å². The number of hydrogen-bond donors (Lipinski definition) is 0. The molecule has 71 heavy (non-hydrogen) atoms. The Labute approximate surface area is 427 Å². The minimum atomic E-state index is -0.0545. The smallest absolute Gasteiger partial charge is 0.252 e. The summed E-state index contributed by atoms with van der Waals surface area (Å²) < 4.78 is 4.02. The molecular formula is C66H70BN3S. The van der Waals surface area contributed by atoms with Crippen molar-refractivity contribution in [3.05, 3.63) is 166 Å². The summed E-state index contributed by atoms with van der Waals surface area (Å²) in [6.45, 7) is 35.5. The summed E-state index contributed by atoms with van der Waals surface area (Å²) in [5.74, 6) is 0. The van der Waals surface area contributed by atoms with Gasteiger partial charge in [0, 0.05) is 60.7 Å². The van der Waals surface area contributed by atoms with Gasteiger partial charge in [-0.15, -0.1) is 11.3 Å². The van der Waals surface area contributed by atoms with Crippen LogP contribution in [0.1, 0.15) is 142 Å². The van der Waals surface area contributed by atoms with E-state index in [1.54, 1.807) is 0 Å². The van der Waals surface area contributed by atoms with Gasteiger partial charge in [-0.25, -0.2) is 0 Å². The Kier molecular flexibility index (Phi) is 9.89. The minimum Gasteiger partial charge on any atom is -0.311 e. The molecule has 0 saturated heterocycles. The molecule has 0 amide bonds. The Morgan fingerprint density at radius 1 is 0.521 bits per heavy atom. The van der Waals surface area contributed by atoms with E-state index < -0.39 is 0 Å². The Morgan fingerprint density at radius 3 is 1.69 bits per heavy atom. The van der Waals surface area contributed by atoms with Crippen molar-refractivity contribution in [3.8, 4) is 5.69 Å². The highest BCUT2D eigenvalue weighted by molar-refractivity contribution is 7.26. The molecule has 4 heterocycles. The molecule has 12 rings (SSSR count).